The van der Waals surface area contributed by atoms with Crippen molar-refractivity contribution < 1.29 is 4.74 Å². The van der Waals surface area contributed by atoms with Crippen LogP contribution in [0.25, 0.3) is 11.3 Å². The first-order valence-electron chi connectivity index (χ1n) is 6.19. The van der Waals surface area contributed by atoms with Gasteiger partial charge in [-0.3, -0.25) is 0 Å². The largest absolute Gasteiger partial charge is 0.368 e. The molecular weight excluding hydrogens is 244 g/mol. The molecule has 1 aromatic heterocycles. The highest BCUT2D eigenvalue weighted by Gasteiger charge is 2.21. The van der Waals surface area contributed by atoms with Crippen LogP contribution in [0.15, 0.2) is 30.3 Å². The zero-order valence-electron chi connectivity index (χ0n) is 10.3. The van der Waals surface area contributed by atoms with Gasteiger partial charge in [0.05, 0.1) is 12.3 Å². The van der Waals surface area contributed by atoms with Gasteiger partial charge in [-0.1, -0.05) is 30.3 Å². The molecule has 0 saturated carbocycles. The highest BCUT2D eigenvalue weighted by molar-refractivity contribution is 7.12. The molecule has 1 unspecified atom stereocenters. The van der Waals surface area contributed by atoms with Crippen LogP contribution in [0.4, 0.5) is 0 Å². The number of aryl methyl sites for hydroxylation is 1. The maximum atomic E-state index is 5.75. The molecule has 0 bridgehead atoms. The fourth-order valence-electron chi connectivity index (χ4n) is 2.14. The molecule has 4 heteroatoms. The maximum absolute atomic E-state index is 5.75. The summed E-state index contributed by atoms with van der Waals surface area (Å²) in [4.78, 5) is 6.01. The van der Waals surface area contributed by atoms with Crippen molar-refractivity contribution >= 4 is 11.3 Å². The van der Waals surface area contributed by atoms with E-state index >= 15 is 0 Å². The zero-order valence-corrected chi connectivity index (χ0v) is 11.2. The predicted molar refractivity (Wildman–Crippen MR) is 73.8 cm³/mol. The van der Waals surface area contributed by atoms with Gasteiger partial charge in [0, 0.05) is 23.5 Å². The van der Waals surface area contributed by atoms with Crippen molar-refractivity contribution in [3.63, 3.8) is 0 Å². The van der Waals surface area contributed by atoms with Gasteiger partial charge in [0.15, 0.2) is 0 Å². The van der Waals surface area contributed by atoms with Gasteiger partial charge in [0.25, 0.3) is 0 Å². The summed E-state index contributed by atoms with van der Waals surface area (Å²) >= 11 is 1.74. The molecule has 1 aromatic carbocycles. The summed E-state index contributed by atoms with van der Waals surface area (Å²) in [5.74, 6) is 0. The smallest absolute Gasteiger partial charge is 0.124 e. The Balaban J connectivity index is 1.91. The Morgan fingerprint density at radius 2 is 2.17 bits per heavy atom. The van der Waals surface area contributed by atoms with E-state index in [1.165, 1.54) is 10.4 Å². The summed E-state index contributed by atoms with van der Waals surface area (Å²) in [5, 5.41) is 4.43. The first kappa shape index (κ1) is 11.8. The Bertz CT molecular complexity index is 518. The third-order valence-electron chi connectivity index (χ3n) is 3.06. The molecule has 0 radical (unpaired) electrons. The van der Waals surface area contributed by atoms with Crippen LogP contribution in [0.2, 0.25) is 0 Å². The minimum absolute atomic E-state index is 0.111. The van der Waals surface area contributed by atoms with Crippen molar-refractivity contribution in [3.8, 4) is 11.3 Å². The van der Waals surface area contributed by atoms with Crippen LogP contribution in [0, 0.1) is 6.92 Å². The summed E-state index contributed by atoms with van der Waals surface area (Å²) in [7, 11) is 0. The van der Waals surface area contributed by atoms with E-state index in [9.17, 15) is 0 Å². The first-order chi connectivity index (χ1) is 8.84. The summed E-state index contributed by atoms with van der Waals surface area (Å²) in [5.41, 5.74) is 2.27. The quantitative estimate of drug-likeness (QED) is 0.901. The number of benzene rings is 1. The second kappa shape index (κ2) is 5.18. The van der Waals surface area contributed by atoms with Crippen LogP contribution < -0.4 is 5.32 Å². The Morgan fingerprint density at radius 1 is 1.33 bits per heavy atom. The van der Waals surface area contributed by atoms with Crippen LogP contribution in [-0.2, 0) is 4.74 Å². The second-order valence-corrected chi connectivity index (χ2v) is 5.62. The molecule has 94 valence electrons. The molecule has 0 amide bonds. The van der Waals surface area contributed by atoms with Gasteiger partial charge in [-0.25, -0.2) is 4.98 Å². The van der Waals surface area contributed by atoms with E-state index in [1.54, 1.807) is 11.3 Å². The summed E-state index contributed by atoms with van der Waals surface area (Å²) in [6.45, 7) is 4.69. The Labute approximate surface area is 111 Å². The highest BCUT2D eigenvalue weighted by atomic mass is 32.1. The number of rotatable bonds is 2. The van der Waals surface area contributed by atoms with Crippen molar-refractivity contribution in [2.45, 2.75) is 13.0 Å². The van der Waals surface area contributed by atoms with E-state index in [0.29, 0.717) is 0 Å². The molecule has 0 spiro atoms. The molecule has 1 fully saturated rings. The average Bonchev–Trinajstić information content (AvgIpc) is 2.83. The van der Waals surface area contributed by atoms with Crippen molar-refractivity contribution in [2.75, 3.05) is 19.7 Å². The molecule has 18 heavy (non-hydrogen) atoms. The summed E-state index contributed by atoms with van der Waals surface area (Å²) < 4.78 is 5.75. The normalized spacial score (nSPS) is 19.9. The molecule has 0 aliphatic carbocycles. The van der Waals surface area contributed by atoms with Crippen molar-refractivity contribution in [1.29, 1.82) is 0 Å². The minimum Gasteiger partial charge on any atom is -0.368 e. The predicted octanol–water partition coefficient (Wildman–Crippen LogP) is 2.78. The molecule has 1 N–H and O–H groups in total. The Hall–Kier alpha value is -1.23. The molecule has 1 aliphatic heterocycles. The number of morpholine rings is 1. The Kier molecular flexibility index (Phi) is 3.41. The lowest BCUT2D eigenvalue weighted by molar-refractivity contribution is 0.0276. The van der Waals surface area contributed by atoms with Gasteiger partial charge >= 0.3 is 0 Å². The van der Waals surface area contributed by atoms with E-state index in [1.807, 2.05) is 18.2 Å². The fraction of sp³-hybridized carbons (Fsp3) is 0.357. The lowest BCUT2D eigenvalue weighted by Gasteiger charge is -2.21. The van der Waals surface area contributed by atoms with E-state index in [-0.39, 0.29) is 6.10 Å². The summed E-state index contributed by atoms with van der Waals surface area (Å²) in [6, 6.07) is 10.3. The standard InChI is InChI=1S/C14H16N2OS/c1-10-13(11-5-3-2-4-6-11)16-14(18-10)12-9-15-7-8-17-12/h2-6,12,15H,7-9H2,1H3. The molecule has 1 aliphatic rings. The van der Waals surface area contributed by atoms with E-state index < -0.39 is 0 Å². The number of ether oxygens (including phenoxy) is 1. The molecule has 2 heterocycles. The van der Waals surface area contributed by atoms with Crippen LogP contribution in [-0.4, -0.2) is 24.7 Å². The minimum atomic E-state index is 0.111. The van der Waals surface area contributed by atoms with Crippen molar-refractivity contribution in [3.05, 3.63) is 40.2 Å². The SMILES string of the molecule is Cc1sc(C2CNCCO2)nc1-c1ccccc1. The lowest BCUT2D eigenvalue weighted by atomic mass is 10.1. The highest BCUT2D eigenvalue weighted by Crippen LogP contribution is 2.31. The number of hydrogen-bond acceptors (Lipinski definition) is 4. The average molecular weight is 260 g/mol. The number of hydrogen-bond donors (Lipinski definition) is 1. The third kappa shape index (κ3) is 2.32. The lowest BCUT2D eigenvalue weighted by Crippen LogP contribution is -2.33. The molecule has 1 atom stereocenters. The van der Waals surface area contributed by atoms with Gasteiger partial charge in [0.2, 0.25) is 0 Å². The van der Waals surface area contributed by atoms with E-state index in [0.717, 1.165) is 30.4 Å². The van der Waals surface area contributed by atoms with Gasteiger partial charge < -0.3 is 10.1 Å². The van der Waals surface area contributed by atoms with Crippen molar-refractivity contribution in [2.24, 2.45) is 0 Å². The van der Waals surface area contributed by atoms with E-state index in [2.05, 4.69) is 24.4 Å². The zero-order chi connectivity index (χ0) is 12.4. The van der Waals surface area contributed by atoms with Crippen LogP contribution in [0.5, 0.6) is 0 Å². The van der Waals surface area contributed by atoms with Crippen molar-refractivity contribution in [1.82, 2.24) is 10.3 Å². The maximum Gasteiger partial charge on any atom is 0.124 e. The van der Waals surface area contributed by atoms with Crippen LogP contribution in [0.3, 0.4) is 0 Å². The second-order valence-electron chi connectivity index (χ2n) is 4.39. The third-order valence-corrected chi connectivity index (χ3v) is 4.13. The van der Waals surface area contributed by atoms with Gasteiger partial charge in [0.1, 0.15) is 11.1 Å². The molecular formula is C14H16N2OS. The van der Waals surface area contributed by atoms with Crippen LogP contribution >= 0.6 is 11.3 Å². The molecule has 2 aromatic rings. The van der Waals surface area contributed by atoms with Gasteiger partial charge in [-0.05, 0) is 6.92 Å². The van der Waals surface area contributed by atoms with Crippen LogP contribution in [0.1, 0.15) is 16.0 Å². The first-order valence-corrected chi connectivity index (χ1v) is 7.01. The monoisotopic (exact) mass is 260 g/mol. The number of nitrogens with zero attached hydrogens (tertiary/aromatic N) is 1. The Morgan fingerprint density at radius 3 is 2.89 bits per heavy atom. The topological polar surface area (TPSA) is 34.1 Å². The van der Waals surface area contributed by atoms with E-state index in [4.69, 9.17) is 9.72 Å². The number of aromatic nitrogens is 1. The van der Waals surface area contributed by atoms with Gasteiger partial charge in [-0.15, -0.1) is 11.3 Å². The van der Waals surface area contributed by atoms with Gasteiger partial charge in [-0.2, -0.15) is 0 Å². The fourth-order valence-corrected chi connectivity index (χ4v) is 3.14. The molecule has 3 rings (SSSR count). The number of thiazole rings is 1. The molecule has 1 saturated heterocycles. The molecule has 3 nitrogen and oxygen atoms in total. The number of nitrogens with one attached hydrogen (secondary N) is 1. The summed E-state index contributed by atoms with van der Waals surface area (Å²) in [6.07, 6.45) is 0.111.